The van der Waals surface area contributed by atoms with Gasteiger partial charge in [-0.25, -0.2) is 0 Å². The van der Waals surface area contributed by atoms with Gasteiger partial charge in [0.05, 0.1) is 19.5 Å². The highest BCUT2D eigenvalue weighted by molar-refractivity contribution is 5.41. The molecule has 0 fully saturated rings. The smallest absolute Gasteiger partial charge is 0.169 e. The second-order valence-electron chi connectivity index (χ2n) is 4.00. The summed E-state index contributed by atoms with van der Waals surface area (Å²) < 4.78 is 12.8. The van der Waals surface area contributed by atoms with Crippen LogP contribution in [0.2, 0.25) is 0 Å². The van der Waals surface area contributed by atoms with Gasteiger partial charge in [0, 0.05) is 6.04 Å². The second kappa shape index (κ2) is 4.91. The Hall–Kier alpha value is -1.97. The summed E-state index contributed by atoms with van der Waals surface area (Å²) >= 11 is 0. The number of methoxy groups -OCH3 is 1. The van der Waals surface area contributed by atoms with Gasteiger partial charge in [0.15, 0.2) is 17.2 Å². The Kier molecular flexibility index (Phi) is 3.32. The van der Waals surface area contributed by atoms with E-state index in [0.717, 1.165) is 0 Å². The van der Waals surface area contributed by atoms with Crippen molar-refractivity contribution in [2.24, 2.45) is 0 Å². The third-order valence-electron chi connectivity index (χ3n) is 2.40. The fourth-order valence-corrected chi connectivity index (χ4v) is 1.49. The first-order valence-electron chi connectivity index (χ1n) is 5.55. The highest BCUT2D eigenvalue weighted by Gasteiger charge is 2.07. The van der Waals surface area contributed by atoms with Crippen LogP contribution in [0.25, 0.3) is 0 Å². The molecule has 1 heterocycles. The standard InChI is InChI=1S/C13H16N2O2/c1-10(2)15-9-11(8-14-15)17-13-7-5-4-6-12(13)16-3/h4-10H,1-3H3. The topological polar surface area (TPSA) is 36.3 Å². The van der Waals surface area contributed by atoms with Crippen molar-refractivity contribution < 1.29 is 9.47 Å². The van der Waals surface area contributed by atoms with Crippen molar-refractivity contribution in [3.63, 3.8) is 0 Å². The van der Waals surface area contributed by atoms with Gasteiger partial charge in [0.1, 0.15) is 0 Å². The van der Waals surface area contributed by atoms with Crippen molar-refractivity contribution in [3.8, 4) is 17.2 Å². The van der Waals surface area contributed by atoms with E-state index < -0.39 is 0 Å². The lowest BCUT2D eigenvalue weighted by Crippen LogP contribution is -1.99. The first-order chi connectivity index (χ1) is 8.20. The van der Waals surface area contributed by atoms with E-state index >= 15 is 0 Å². The van der Waals surface area contributed by atoms with Crippen molar-refractivity contribution >= 4 is 0 Å². The Labute approximate surface area is 101 Å². The molecule has 0 aliphatic heterocycles. The molecule has 1 aromatic heterocycles. The summed E-state index contributed by atoms with van der Waals surface area (Å²) in [5.74, 6) is 2.12. The first-order valence-corrected chi connectivity index (χ1v) is 5.55. The Morgan fingerprint density at radius 3 is 2.47 bits per heavy atom. The maximum absolute atomic E-state index is 5.72. The number of ether oxygens (including phenoxy) is 2. The van der Waals surface area contributed by atoms with Gasteiger partial charge in [-0.2, -0.15) is 5.10 Å². The van der Waals surface area contributed by atoms with Gasteiger partial charge in [-0.3, -0.25) is 4.68 Å². The summed E-state index contributed by atoms with van der Waals surface area (Å²) in [5, 5.41) is 4.22. The van der Waals surface area contributed by atoms with Crippen LogP contribution in [-0.4, -0.2) is 16.9 Å². The third kappa shape index (κ3) is 2.58. The summed E-state index contributed by atoms with van der Waals surface area (Å²) in [5.41, 5.74) is 0. The molecular formula is C13H16N2O2. The van der Waals surface area contributed by atoms with Gasteiger partial charge in [0.2, 0.25) is 0 Å². The third-order valence-corrected chi connectivity index (χ3v) is 2.40. The lowest BCUT2D eigenvalue weighted by molar-refractivity contribution is 0.378. The van der Waals surface area contributed by atoms with Crippen molar-refractivity contribution in [3.05, 3.63) is 36.7 Å². The molecule has 90 valence electrons. The second-order valence-corrected chi connectivity index (χ2v) is 4.00. The number of para-hydroxylation sites is 2. The Bertz CT molecular complexity index is 492. The predicted molar refractivity (Wildman–Crippen MR) is 65.7 cm³/mol. The van der Waals surface area contributed by atoms with Crippen molar-refractivity contribution in [2.75, 3.05) is 7.11 Å². The van der Waals surface area contributed by atoms with E-state index in [-0.39, 0.29) is 0 Å². The minimum Gasteiger partial charge on any atom is -0.493 e. The molecule has 2 rings (SSSR count). The van der Waals surface area contributed by atoms with Crippen LogP contribution in [0, 0.1) is 0 Å². The van der Waals surface area contributed by atoms with Gasteiger partial charge in [-0.15, -0.1) is 0 Å². The number of nitrogens with zero attached hydrogens (tertiary/aromatic N) is 2. The zero-order valence-electron chi connectivity index (χ0n) is 10.3. The van der Waals surface area contributed by atoms with E-state index in [2.05, 4.69) is 18.9 Å². The van der Waals surface area contributed by atoms with E-state index in [0.29, 0.717) is 23.3 Å². The van der Waals surface area contributed by atoms with Crippen LogP contribution in [0.4, 0.5) is 0 Å². The summed E-state index contributed by atoms with van der Waals surface area (Å²) in [6, 6.07) is 7.87. The van der Waals surface area contributed by atoms with Gasteiger partial charge in [-0.05, 0) is 26.0 Å². The van der Waals surface area contributed by atoms with Crippen LogP contribution in [0.1, 0.15) is 19.9 Å². The number of rotatable bonds is 4. The SMILES string of the molecule is COc1ccccc1Oc1cnn(C(C)C)c1. The zero-order chi connectivity index (χ0) is 12.3. The molecule has 4 heteroatoms. The maximum Gasteiger partial charge on any atom is 0.169 e. The molecule has 0 aliphatic rings. The number of benzene rings is 1. The summed E-state index contributed by atoms with van der Waals surface area (Å²) in [6.45, 7) is 4.14. The molecule has 0 saturated heterocycles. The van der Waals surface area contributed by atoms with Crippen LogP contribution in [0.3, 0.4) is 0 Å². The average Bonchev–Trinajstić information content (AvgIpc) is 2.78. The molecule has 4 nitrogen and oxygen atoms in total. The molecule has 0 saturated carbocycles. The molecular weight excluding hydrogens is 216 g/mol. The molecule has 0 spiro atoms. The molecule has 0 unspecified atom stereocenters. The summed E-state index contributed by atoms with van der Waals surface area (Å²) in [4.78, 5) is 0. The minimum absolute atomic E-state index is 0.324. The Morgan fingerprint density at radius 1 is 1.18 bits per heavy atom. The summed E-state index contributed by atoms with van der Waals surface area (Å²) in [6.07, 6.45) is 3.57. The van der Waals surface area contributed by atoms with E-state index in [4.69, 9.17) is 9.47 Å². The molecule has 0 amide bonds. The van der Waals surface area contributed by atoms with Gasteiger partial charge in [-0.1, -0.05) is 12.1 Å². The molecule has 0 atom stereocenters. The van der Waals surface area contributed by atoms with Crippen LogP contribution in [-0.2, 0) is 0 Å². The number of hydrogen-bond acceptors (Lipinski definition) is 3. The van der Waals surface area contributed by atoms with Crippen LogP contribution in [0.15, 0.2) is 36.7 Å². The average molecular weight is 232 g/mol. The Balaban J connectivity index is 2.19. The summed E-state index contributed by atoms with van der Waals surface area (Å²) in [7, 11) is 1.62. The van der Waals surface area contributed by atoms with Crippen LogP contribution >= 0.6 is 0 Å². The van der Waals surface area contributed by atoms with Crippen LogP contribution in [0.5, 0.6) is 17.2 Å². The van der Waals surface area contributed by atoms with E-state index in [1.54, 1.807) is 13.3 Å². The highest BCUT2D eigenvalue weighted by Crippen LogP contribution is 2.30. The molecule has 17 heavy (non-hydrogen) atoms. The lowest BCUT2D eigenvalue weighted by Gasteiger charge is -2.08. The monoisotopic (exact) mass is 232 g/mol. The van der Waals surface area contributed by atoms with Crippen molar-refractivity contribution in [1.82, 2.24) is 9.78 Å². The molecule has 0 aliphatic carbocycles. The molecule has 2 aromatic rings. The van der Waals surface area contributed by atoms with E-state index in [9.17, 15) is 0 Å². The van der Waals surface area contributed by atoms with Crippen molar-refractivity contribution in [1.29, 1.82) is 0 Å². The predicted octanol–water partition coefficient (Wildman–Crippen LogP) is 3.26. The molecule has 0 N–H and O–H groups in total. The zero-order valence-corrected chi connectivity index (χ0v) is 10.3. The number of hydrogen-bond donors (Lipinski definition) is 0. The lowest BCUT2D eigenvalue weighted by atomic mass is 10.3. The van der Waals surface area contributed by atoms with Crippen LogP contribution < -0.4 is 9.47 Å². The minimum atomic E-state index is 0.324. The first kappa shape index (κ1) is 11.5. The fourth-order valence-electron chi connectivity index (χ4n) is 1.49. The van der Waals surface area contributed by atoms with Gasteiger partial charge >= 0.3 is 0 Å². The largest absolute Gasteiger partial charge is 0.493 e. The van der Waals surface area contributed by atoms with Gasteiger partial charge < -0.3 is 9.47 Å². The molecule has 1 aromatic carbocycles. The molecule has 0 bridgehead atoms. The Morgan fingerprint density at radius 2 is 1.88 bits per heavy atom. The highest BCUT2D eigenvalue weighted by atomic mass is 16.5. The fraction of sp³-hybridized carbons (Fsp3) is 0.308. The normalized spacial score (nSPS) is 10.6. The van der Waals surface area contributed by atoms with Gasteiger partial charge in [0.25, 0.3) is 0 Å². The van der Waals surface area contributed by atoms with Crippen molar-refractivity contribution in [2.45, 2.75) is 19.9 Å². The van der Waals surface area contributed by atoms with E-state index in [1.807, 2.05) is 35.1 Å². The quantitative estimate of drug-likeness (QED) is 0.811. The van der Waals surface area contributed by atoms with E-state index in [1.165, 1.54) is 0 Å². The number of aromatic nitrogens is 2. The molecule has 0 radical (unpaired) electrons. The maximum atomic E-state index is 5.72.